The molecule has 0 unspecified atom stereocenters. The van der Waals surface area contributed by atoms with E-state index in [2.05, 4.69) is 8.37 Å². The predicted molar refractivity (Wildman–Crippen MR) is 60.8 cm³/mol. The van der Waals surface area contributed by atoms with Crippen molar-refractivity contribution >= 4 is 28.5 Å². The molecule has 5 N–H and O–H groups in total. The second-order valence-electron chi connectivity index (χ2n) is 2.89. The normalized spacial score (nSPS) is 13.6. The highest BCUT2D eigenvalue weighted by molar-refractivity contribution is 7.81. The number of hydrogen-bond acceptors (Lipinski definition) is 7. The molecule has 0 saturated heterocycles. The third-order valence-electron chi connectivity index (χ3n) is 1.32. The van der Waals surface area contributed by atoms with E-state index in [0.717, 1.165) is 0 Å². The van der Waals surface area contributed by atoms with Crippen LogP contribution in [0.5, 0.6) is 0 Å². The first-order chi connectivity index (χ1) is 8.41. The summed E-state index contributed by atoms with van der Waals surface area (Å²) in [6.45, 7) is -1.96. The van der Waals surface area contributed by atoms with Crippen molar-refractivity contribution in [3.05, 3.63) is 0 Å². The van der Waals surface area contributed by atoms with Crippen molar-refractivity contribution in [1.29, 1.82) is 0 Å². The second kappa shape index (κ2) is 7.58. The molecule has 12 nitrogen and oxygen atoms in total. The Bertz CT molecular complexity index is 470. The molecular formula is C4H13N2O10PS2. The lowest BCUT2D eigenvalue weighted by atomic mass is 10.8. The van der Waals surface area contributed by atoms with Gasteiger partial charge in [0.05, 0.1) is 13.2 Å². The van der Waals surface area contributed by atoms with E-state index in [1.807, 2.05) is 10.2 Å². The Morgan fingerprint density at radius 3 is 1.47 bits per heavy atom. The lowest BCUT2D eigenvalue weighted by Crippen LogP contribution is -2.28. The maximum Gasteiger partial charge on any atom is 0.397 e. The molecule has 0 fully saturated rings. The summed E-state index contributed by atoms with van der Waals surface area (Å²) in [7, 11) is -13.3. The van der Waals surface area contributed by atoms with E-state index in [1.54, 1.807) is 0 Å². The zero-order valence-corrected chi connectivity index (χ0v) is 11.8. The Labute approximate surface area is 109 Å². The van der Waals surface area contributed by atoms with Gasteiger partial charge in [-0.3, -0.25) is 13.7 Å². The molecule has 19 heavy (non-hydrogen) atoms. The van der Waals surface area contributed by atoms with Gasteiger partial charge in [0, 0.05) is 13.1 Å². The molecule has 0 atom stereocenters. The van der Waals surface area contributed by atoms with Crippen LogP contribution in [0.4, 0.5) is 0 Å². The van der Waals surface area contributed by atoms with E-state index in [1.165, 1.54) is 0 Å². The fourth-order valence-corrected chi connectivity index (χ4v) is 2.23. The average Bonchev–Trinajstić information content (AvgIpc) is 2.17. The van der Waals surface area contributed by atoms with Crippen LogP contribution in [-0.4, -0.2) is 57.1 Å². The van der Waals surface area contributed by atoms with Crippen LogP contribution in [0.2, 0.25) is 0 Å². The molecule has 0 aliphatic carbocycles. The molecule has 0 saturated carbocycles. The van der Waals surface area contributed by atoms with E-state index >= 15 is 0 Å². The highest BCUT2D eigenvalue weighted by atomic mass is 32.3. The van der Waals surface area contributed by atoms with Gasteiger partial charge in [0.2, 0.25) is 0 Å². The van der Waals surface area contributed by atoms with E-state index in [4.69, 9.17) is 9.11 Å². The van der Waals surface area contributed by atoms with Gasteiger partial charge < -0.3 is 4.89 Å². The molecule has 0 rings (SSSR count). The minimum Gasteiger partial charge on any atom is -0.322 e. The molecule has 0 bridgehead atoms. The first-order valence-electron chi connectivity index (χ1n) is 4.48. The molecule has 0 aromatic carbocycles. The van der Waals surface area contributed by atoms with Crippen LogP contribution in [0.15, 0.2) is 0 Å². The number of rotatable bonds is 10. The summed E-state index contributed by atoms with van der Waals surface area (Å²) in [5, 5.41) is 3.92. The Morgan fingerprint density at radius 1 is 0.895 bits per heavy atom. The third-order valence-corrected chi connectivity index (χ3v) is 3.55. The minimum absolute atomic E-state index is 0.389. The zero-order valence-electron chi connectivity index (χ0n) is 9.29. The highest BCUT2D eigenvalue weighted by Gasteiger charge is 2.17. The molecule has 15 heteroatoms. The van der Waals surface area contributed by atoms with Crippen molar-refractivity contribution in [3.63, 3.8) is 0 Å². The number of hydrogen-bond donors (Lipinski definition) is 5. The monoisotopic (exact) mass is 344 g/mol. The standard InChI is InChI=1S/C4H13N2O10PS2/c7-17(8,5-1-3-15-18(9,10)11)6-2-4-16-19(12,13)14/h1-4H2,(H,9,10,11)(H,12,13,14)(H3,5,6,7,8). The average molecular weight is 344 g/mol. The summed E-state index contributed by atoms with van der Waals surface area (Å²) in [4.78, 5) is 9.17. The van der Waals surface area contributed by atoms with Gasteiger partial charge in [0.25, 0.3) is 0 Å². The van der Waals surface area contributed by atoms with Gasteiger partial charge in [-0.05, 0) is 0 Å². The Kier molecular flexibility index (Phi) is 7.52. The summed E-state index contributed by atoms with van der Waals surface area (Å²) in [6, 6.07) is 0. The van der Waals surface area contributed by atoms with Gasteiger partial charge in [-0.15, -0.1) is 0 Å². The summed E-state index contributed by atoms with van der Waals surface area (Å²) in [6.07, 6.45) is 0. The van der Waals surface area contributed by atoms with Crippen molar-refractivity contribution in [2.45, 2.75) is 0 Å². The Hall–Kier alpha value is -0.150. The summed E-state index contributed by atoms with van der Waals surface area (Å²) >= 11 is 0. The SMILES string of the molecule is O=P(O)(NCCOS(=O)(=O)O)NCCOS(=O)(=O)O. The first kappa shape index (κ1) is 18.9. The van der Waals surface area contributed by atoms with Crippen LogP contribution < -0.4 is 10.2 Å². The minimum atomic E-state index is -4.63. The van der Waals surface area contributed by atoms with Crippen molar-refractivity contribution in [2.75, 3.05) is 26.3 Å². The largest absolute Gasteiger partial charge is 0.397 e. The van der Waals surface area contributed by atoms with Crippen molar-refractivity contribution in [1.82, 2.24) is 10.2 Å². The van der Waals surface area contributed by atoms with Crippen molar-refractivity contribution in [3.8, 4) is 0 Å². The maximum atomic E-state index is 11.3. The Morgan fingerprint density at radius 2 is 1.21 bits per heavy atom. The fraction of sp³-hybridized carbons (Fsp3) is 1.00. The Balaban J connectivity index is 3.84. The van der Waals surface area contributed by atoms with Crippen LogP contribution in [0.25, 0.3) is 0 Å². The summed E-state index contributed by atoms with van der Waals surface area (Å²) in [5.74, 6) is 0. The van der Waals surface area contributed by atoms with Crippen LogP contribution >= 0.6 is 7.67 Å². The molecule has 0 aliphatic rings. The van der Waals surface area contributed by atoms with Gasteiger partial charge in [0.15, 0.2) is 0 Å². The van der Waals surface area contributed by atoms with Crippen molar-refractivity contribution in [2.24, 2.45) is 0 Å². The van der Waals surface area contributed by atoms with Crippen LogP contribution in [0.1, 0.15) is 0 Å². The smallest absolute Gasteiger partial charge is 0.322 e. The third kappa shape index (κ3) is 14.1. The molecular weight excluding hydrogens is 331 g/mol. The molecule has 0 heterocycles. The van der Waals surface area contributed by atoms with E-state index in [-0.39, 0.29) is 13.1 Å². The maximum absolute atomic E-state index is 11.3. The molecule has 0 aromatic rings. The predicted octanol–water partition coefficient (Wildman–Crippen LogP) is -2.10. The fourth-order valence-electron chi connectivity index (χ4n) is 0.744. The van der Waals surface area contributed by atoms with Crippen LogP contribution in [0, 0.1) is 0 Å². The van der Waals surface area contributed by atoms with E-state index < -0.39 is 41.7 Å². The van der Waals surface area contributed by atoms with Gasteiger partial charge in [0.1, 0.15) is 0 Å². The molecule has 0 aliphatic heterocycles. The van der Waals surface area contributed by atoms with E-state index in [9.17, 15) is 26.3 Å². The molecule has 0 spiro atoms. The molecule has 0 aromatic heterocycles. The van der Waals surface area contributed by atoms with E-state index in [0.29, 0.717) is 0 Å². The molecule has 0 amide bonds. The first-order valence-corrected chi connectivity index (χ1v) is 8.87. The van der Waals surface area contributed by atoms with Gasteiger partial charge in [-0.25, -0.2) is 18.5 Å². The highest BCUT2D eigenvalue weighted by Crippen LogP contribution is 2.28. The van der Waals surface area contributed by atoms with Crippen molar-refractivity contribution < 1.29 is 43.8 Å². The quantitative estimate of drug-likeness (QED) is 0.165. The van der Waals surface area contributed by atoms with Gasteiger partial charge in [-0.1, -0.05) is 0 Å². The van der Waals surface area contributed by atoms with Gasteiger partial charge in [-0.2, -0.15) is 16.8 Å². The summed E-state index contributed by atoms with van der Waals surface area (Å²) in [5.41, 5.74) is 0. The molecule has 116 valence electrons. The lowest BCUT2D eigenvalue weighted by Gasteiger charge is -2.13. The molecule has 0 radical (unpaired) electrons. The lowest BCUT2D eigenvalue weighted by molar-refractivity contribution is 0.268. The van der Waals surface area contributed by atoms with Gasteiger partial charge >= 0.3 is 28.5 Å². The topological polar surface area (TPSA) is 189 Å². The summed E-state index contributed by atoms with van der Waals surface area (Å²) < 4.78 is 75.8. The van der Waals surface area contributed by atoms with Crippen LogP contribution in [0.3, 0.4) is 0 Å². The zero-order chi connectivity index (χ0) is 15.2. The second-order valence-corrected chi connectivity index (χ2v) is 6.86. The number of nitrogens with one attached hydrogen (secondary N) is 2. The van der Waals surface area contributed by atoms with Crippen LogP contribution in [-0.2, 0) is 33.7 Å².